The number of aromatic nitrogens is 2. The second-order valence-corrected chi connectivity index (χ2v) is 5.61. The highest BCUT2D eigenvalue weighted by Crippen LogP contribution is 2.32. The summed E-state index contributed by atoms with van der Waals surface area (Å²) in [6.07, 6.45) is 4.07. The maximum atomic E-state index is 12.5. The Balaban J connectivity index is 1.56. The Kier molecular flexibility index (Phi) is 3.12. The van der Waals surface area contributed by atoms with Gasteiger partial charge in [0.15, 0.2) is 0 Å². The number of fused-ring (bicyclic) bond motifs is 1. The Labute approximate surface area is 132 Å². The van der Waals surface area contributed by atoms with Crippen LogP contribution in [-0.4, -0.2) is 15.5 Å². The van der Waals surface area contributed by atoms with Gasteiger partial charge in [-0.2, -0.15) is 0 Å². The van der Waals surface area contributed by atoms with Crippen molar-refractivity contribution in [2.75, 3.05) is 0 Å². The van der Waals surface area contributed by atoms with Crippen LogP contribution in [0.5, 0.6) is 0 Å². The molecule has 5 nitrogen and oxygen atoms in total. The zero-order chi connectivity index (χ0) is 15.8. The molecule has 23 heavy (non-hydrogen) atoms. The molecule has 0 saturated heterocycles. The van der Waals surface area contributed by atoms with Crippen LogP contribution < -0.4 is 11.0 Å². The normalized spacial score (nSPS) is 15.6. The predicted octanol–water partition coefficient (Wildman–Crippen LogP) is 2.19. The second kappa shape index (κ2) is 5.28. The Bertz CT molecular complexity index is 939. The number of H-pyrrole nitrogens is 1. The summed E-state index contributed by atoms with van der Waals surface area (Å²) >= 11 is 0. The average Bonchev–Trinajstić information content (AvgIpc) is 2.99. The van der Waals surface area contributed by atoms with Crippen LogP contribution in [0.15, 0.2) is 65.7 Å². The molecule has 4 rings (SSSR count). The van der Waals surface area contributed by atoms with E-state index in [9.17, 15) is 9.59 Å². The highest BCUT2D eigenvalue weighted by atomic mass is 16.2. The zero-order valence-corrected chi connectivity index (χ0v) is 12.3. The largest absolute Gasteiger partial charge is 0.345 e. The maximum Gasteiger partial charge on any atom is 0.330 e. The molecule has 114 valence electrons. The highest BCUT2D eigenvalue weighted by Gasteiger charge is 2.27. The number of aromatic amines is 1. The highest BCUT2D eigenvalue weighted by molar-refractivity contribution is 5.95. The molecule has 0 saturated carbocycles. The molecular formula is C18H15N3O2. The van der Waals surface area contributed by atoms with Crippen LogP contribution in [0.25, 0.3) is 5.69 Å². The topological polar surface area (TPSA) is 66.9 Å². The Hall–Kier alpha value is -3.08. The first-order chi connectivity index (χ1) is 11.2. The summed E-state index contributed by atoms with van der Waals surface area (Å²) in [5.41, 5.74) is 3.44. The molecule has 2 aromatic carbocycles. The molecule has 1 aliphatic rings. The number of hydrogen-bond acceptors (Lipinski definition) is 2. The SMILES string of the molecule is O=C(NC1Cc2ccccc21)c1cccc(-n2cc[nH]c2=O)c1. The summed E-state index contributed by atoms with van der Waals surface area (Å²) in [4.78, 5) is 26.7. The molecule has 1 amide bonds. The minimum Gasteiger partial charge on any atom is -0.345 e. The van der Waals surface area contributed by atoms with E-state index in [1.807, 2.05) is 18.2 Å². The molecule has 5 heteroatoms. The third kappa shape index (κ3) is 2.36. The van der Waals surface area contributed by atoms with E-state index in [1.165, 1.54) is 15.7 Å². The van der Waals surface area contributed by atoms with E-state index in [1.54, 1.807) is 36.7 Å². The van der Waals surface area contributed by atoms with Crippen molar-refractivity contribution in [2.45, 2.75) is 12.5 Å². The molecule has 0 bridgehead atoms. The van der Waals surface area contributed by atoms with Gasteiger partial charge in [0.25, 0.3) is 5.91 Å². The van der Waals surface area contributed by atoms with E-state index < -0.39 is 0 Å². The van der Waals surface area contributed by atoms with Gasteiger partial charge in [-0.1, -0.05) is 30.3 Å². The number of benzene rings is 2. The summed E-state index contributed by atoms with van der Waals surface area (Å²) < 4.78 is 1.47. The van der Waals surface area contributed by atoms with Crippen molar-refractivity contribution in [3.8, 4) is 5.69 Å². The standard InChI is InChI=1S/C18H15N3O2/c22-17(20-16-11-12-4-1-2-7-15(12)16)13-5-3-6-14(10-13)21-9-8-19-18(21)23/h1-10,16H,11H2,(H,19,23)(H,20,22). The van der Waals surface area contributed by atoms with Gasteiger partial charge in [-0.3, -0.25) is 9.36 Å². The first-order valence-corrected chi connectivity index (χ1v) is 7.47. The van der Waals surface area contributed by atoms with Crippen LogP contribution in [0.1, 0.15) is 27.5 Å². The van der Waals surface area contributed by atoms with Gasteiger partial charge in [0.2, 0.25) is 0 Å². The number of rotatable bonds is 3. The van der Waals surface area contributed by atoms with Gasteiger partial charge in [-0.25, -0.2) is 4.79 Å². The number of carbonyl (C=O) groups excluding carboxylic acids is 1. The molecule has 1 aliphatic carbocycles. The van der Waals surface area contributed by atoms with E-state index in [0.29, 0.717) is 11.3 Å². The maximum absolute atomic E-state index is 12.5. The summed E-state index contributed by atoms with van der Waals surface area (Å²) in [5.74, 6) is -0.130. The average molecular weight is 305 g/mol. The van der Waals surface area contributed by atoms with Crippen molar-refractivity contribution >= 4 is 5.91 Å². The van der Waals surface area contributed by atoms with Crippen molar-refractivity contribution in [3.05, 3.63) is 88.1 Å². The van der Waals surface area contributed by atoms with E-state index in [4.69, 9.17) is 0 Å². The van der Waals surface area contributed by atoms with E-state index in [-0.39, 0.29) is 17.6 Å². The Morgan fingerprint density at radius 2 is 2.04 bits per heavy atom. The summed E-state index contributed by atoms with van der Waals surface area (Å²) in [6.45, 7) is 0. The van der Waals surface area contributed by atoms with Crippen molar-refractivity contribution in [2.24, 2.45) is 0 Å². The number of hydrogen-bond donors (Lipinski definition) is 2. The van der Waals surface area contributed by atoms with Crippen LogP contribution in [0.4, 0.5) is 0 Å². The van der Waals surface area contributed by atoms with E-state index in [0.717, 1.165) is 6.42 Å². The van der Waals surface area contributed by atoms with Crippen molar-refractivity contribution < 1.29 is 4.79 Å². The number of nitrogens with one attached hydrogen (secondary N) is 2. The molecule has 1 heterocycles. The molecule has 1 aromatic heterocycles. The third-order valence-corrected chi connectivity index (χ3v) is 4.20. The first-order valence-electron chi connectivity index (χ1n) is 7.47. The smallest absolute Gasteiger partial charge is 0.330 e. The molecule has 0 radical (unpaired) electrons. The number of amides is 1. The lowest BCUT2D eigenvalue weighted by atomic mass is 9.83. The lowest BCUT2D eigenvalue weighted by Gasteiger charge is -2.30. The zero-order valence-electron chi connectivity index (χ0n) is 12.3. The number of nitrogens with zero attached hydrogens (tertiary/aromatic N) is 1. The molecule has 0 aliphatic heterocycles. The predicted molar refractivity (Wildman–Crippen MR) is 86.7 cm³/mol. The third-order valence-electron chi connectivity index (χ3n) is 4.20. The van der Waals surface area contributed by atoms with Gasteiger partial charge in [-0.05, 0) is 35.7 Å². The Morgan fingerprint density at radius 1 is 1.17 bits per heavy atom. The van der Waals surface area contributed by atoms with Crippen LogP contribution in [0.3, 0.4) is 0 Å². The van der Waals surface area contributed by atoms with Crippen LogP contribution in [0, 0.1) is 0 Å². The second-order valence-electron chi connectivity index (χ2n) is 5.61. The summed E-state index contributed by atoms with van der Waals surface area (Å²) in [6, 6.07) is 15.2. The molecule has 0 spiro atoms. The Morgan fingerprint density at radius 3 is 2.83 bits per heavy atom. The van der Waals surface area contributed by atoms with Crippen molar-refractivity contribution in [1.29, 1.82) is 0 Å². The van der Waals surface area contributed by atoms with Crippen molar-refractivity contribution in [3.63, 3.8) is 0 Å². The molecule has 3 aromatic rings. The van der Waals surface area contributed by atoms with E-state index in [2.05, 4.69) is 16.4 Å². The molecular weight excluding hydrogens is 290 g/mol. The number of imidazole rings is 1. The van der Waals surface area contributed by atoms with Crippen LogP contribution in [-0.2, 0) is 6.42 Å². The lowest BCUT2D eigenvalue weighted by Crippen LogP contribution is -2.35. The fourth-order valence-electron chi connectivity index (χ4n) is 2.95. The fourth-order valence-corrected chi connectivity index (χ4v) is 2.95. The van der Waals surface area contributed by atoms with Gasteiger partial charge in [0, 0.05) is 18.0 Å². The van der Waals surface area contributed by atoms with Gasteiger partial charge < -0.3 is 10.3 Å². The van der Waals surface area contributed by atoms with Gasteiger partial charge in [0.1, 0.15) is 0 Å². The van der Waals surface area contributed by atoms with Gasteiger partial charge in [-0.15, -0.1) is 0 Å². The molecule has 1 atom stereocenters. The van der Waals surface area contributed by atoms with Gasteiger partial charge in [0.05, 0.1) is 11.7 Å². The molecule has 0 fully saturated rings. The van der Waals surface area contributed by atoms with Crippen LogP contribution in [0.2, 0.25) is 0 Å². The minimum atomic E-state index is -0.226. The quantitative estimate of drug-likeness (QED) is 0.779. The lowest BCUT2D eigenvalue weighted by molar-refractivity contribution is 0.0932. The fraction of sp³-hybridized carbons (Fsp3) is 0.111. The van der Waals surface area contributed by atoms with Gasteiger partial charge >= 0.3 is 5.69 Å². The monoisotopic (exact) mass is 305 g/mol. The number of carbonyl (C=O) groups is 1. The minimum absolute atomic E-state index is 0.0670. The molecule has 1 unspecified atom stereocenters. The summed E-state index contributed by atoms with van der Waals surface area (Å²) in [5, 5.41) is 3.04. The van der Waals surface area contributed by atoms with Crippen LogP contribution >= 0.6 is 0 Å². The van der Waals surface area contributed by atoms with Crippen molar-refractivity contribution in [1.82, 2.24) is 14.9 Å². The summed E-state index contributed by atoms with van der Waals surface area (Å²) in [7, 11) is 0. The first kappa shape index (κ1) is 13.6. The van der Waals surface area contributed by atoms with E-state index >= 15 is 0 Å². The molecule has 2 N–H and O–H groups in total.